The van der Waals surface area contributed by atoms with Crippen molar-refractivity contribution in [3.63, 3.8) is 0 Å². The topological polar surface area (TPSA) is 59.9 Å². The monoisotopic (exact) mass is 476 g/mol. The zero-order valence-electron chi connectivity index (χ0n) is 17.5. The molecule has 0 spiro atoms. The highest BCUT2D eigenvalue weighted by atomic mass is 35.5. The van der Waals surface area contributed by atoms with Crippen molar-refractivity contribution in [1.82, 2.24) is 5.43 Å². The number of alkyl halides is 3. The zero-order valence-corrected chi connectivity index (χ0v) is 18.3. The number of carbonyl (C=O) groups is 1. The lowest BCUT2D eigenvalue weighted by atomic mass is 10.1. The van der Waals surface area contributed by atoms with Crippen LogP contribution in [0, 0.1) is 0 Å². The molecule has 9 heteroatoms. The molecule has 0 saturated heterocycles. The van der Waals surface area contributed by atoms with Gasteiger partial charge >= 0.3 is 6.18 Å². The number of halogens is 4. The molecule has 0 atom stereocenters. The lowest BCUT2D eigenvalue weighted by molar-refractivity contribution is -0.137. The molecule has 172 valence electrons. The molecule has 0 unspecified atom stereocenters. The lowest BCUT2D eigenvalue weighted by Crippen LogP contribution is -2.18. The SMILES string of the molecule is CCOc1cc(/C=N\NC(=O)c2cccc(C(F)(F)F)c2)cc(Cl)c1OCc1ccccc1. The zero-order chi connectivity index (χ0) is 23.8. The number of carbonyl (C=O) groups excluding carboxylic acids is 1. The highest BCUT2D eigenvalue weighted by Gasteiger charge is 2.30. The van der Waals surface area contributed by atoms with E-state index < -0.39 is 17.6 Å². The molecule has 1 N–H and O–H groups in total. The number of hydrogen-bond acceptors (Lipinski definition) is 4. The molecule has 0 fully saturated rings. The quantitative estimate of drug-likeness (QED) is 0.315. The number of nitrogens with one attached hydrogen (secondary N) is 1. The highest BCUT2D eigenvalue weighted by molar-refractivity contribution is 6.32. The van der Waals surface area contributed by atoms with E-state index >= 15 is 0 Å². The van der Waals surface area contributed by atoms with Crippen LogP contribution in [0.25, 0.3) is 0 Å². The van der Waals surface area contributed by atoms with Crippen molar-refractivity contribution in [3.8, 4) is 11.5 Å². The van der Waals surface area contributed by atoms with Crippen molar-refractivity contribution in [3.05, 3.63) is 94.0 Å². The second kappa shape index (κ2) is 10.9. The van der Waals surface area contributed by atoms with Crippen molar-refractivity contribution in [2.45, 2.75) is 19.7 Å². The van der Waals surface area contributed by atoms with Gasteiger partial charge in [0.25, 0.3) is 5.91 Å². The Morgan fingerprint density at radius 2 is 1.82 bits per heavy atom. The Morgan fingerprint density at radius 3 is 2.52 bits per heavy atom. The maximum absolute atomic E-state index is 12.8. The van der Waals surface area contributed by atoms with Crippen LogP contribution in [0.1, 0.15) is 34.0 Å². The van der Waals surface area contributed by atoms with Crippen molar-refractivity contribution in [1.29, 1.82) is 0 Å². The average molecular weight is 477 g/mol. The molecule has 0 heterocycles. The number of nitrogens with zero attached hydrogens (tertiary/aromatic N) is 1. The van der Waals surface area contributed by atoms with Crippen LogP contribution in [0.15, 0.2) is 71.8 Å². The molecule has 3 rings (SSSR count). The van der Waals surface area contributed by atoms with E-state index in [4.69, 9.17) is 21.1 Å². The van der Waals surface area contributed by atoms with Gasteiger partial charge in [-0.1, -0.05) is 48.0 Å². The predicted octanol–water partition coefficient (Wildman–Crippen LogP) is 6.10. The van der Waals surface area contributed by atoms with Crippen LogP contribution in [-0.4, -0.2) is 18.7 Å². The second-order valence-electron chi connectivity index (χ2n) is 6.81. The fourth-order valence-corrected chi connectivity index (χ4v) is 3.14. The molecule has 0 saturated carbocycles. The van der Waals surface area contributed by atoms with Crippen LogP contribution in [-0.2, 0) is 12.8 Å². The minimum absolute atomic E-state index is 0.167. The molecule has 0 aliphatic heterocycles. The minimum atomic E-state index is -4.55. The molecule has 33 heavy (non-hydrogen) atoms. The smallest absolute Gasteiger partial charge is 0.416 e. The van der Waals surface area contributed by atoms with Crippen LogP contribution in [0.3, 0.4) is 0 Å². The van der Waals surface area contributed by atoms with Crippen molar-refractivity contribution in [2.24, 2.45) is 5.10 Å². The maximum Gasteiger partial charge on any atom is 0.416 e. The molecular weight excluding hydrogens is 457 g/mol. The summed E-state index contributed by atoms with van der Waals surface area (Å²) in [6, 6.07) is 16.8. The number of hydrogen-bond donors (Lipinski definition) is 1. The van der Waals surface area contributed by atoms with Gasteiger partial charge in [-0.05, 0) is 48.4 Å². The fourth-order valence-electron chi connectivity index (χ4n) is 2.86. The first-order chi connectivity index (χ1) is 15.8. The Hall–Kier alpha value is -3.52. The molecule has 0 aliphatic carbocycles. The number of amides is 1. The summed E-state index contributed by atoms with van der Waals surface area (Å²) in [4.78, 5) is 12.2. The molecule has 0 bridgehead atoms. The van der Waals surface area contributed by atoms with Gasteiger partial charge in [-0.15, -0.1) is 0 Å². The summed E-state index contributed by atoms with van der Waals surface area (Å²) in [6.45, 7) is 2.47. The first kappa shape index (κ1) is 24.1. The third-order valence-electron chi connectivity index (χ3n) is 4.39. The molecule has 3 aromatic rings. The van der Waals surface area contributed by atoms with Crippen LogP contribution >= 0.6 is 11.6 Å². The van der Waals surface area contributed by atoms with Crippen LogP contribution in [0.2, 0.25) is 5.02 Å². The van der Waals surface area contributed by atoms with E-state index in [2.05, 4.69) is 10.5 Å². The number of benzene rings is 3. The number of hydrazone groups is 1. The second-order valence-corrected chi connectivity index (χ2v) is 7.22. The predicted molar refractivity (Wildman–Crippen MR) is 120 cm³/mol. The largest absolute Gasteiger partial charge is 0.490 e. The van der Waals surface area contributed by atoms with Gasteiger partial charge < -0.3 is 9.47 Å². The van der Waals surface area contributed by atoms with Gasteiger partial charge in [-0.3, -0.25) is 4.79 Å². The Balaban J connectivity index is 1.72. The molecule has 0 aromatic heterocycles. The molecule has 3 aromatic carbocycles. The van der Waals surface area contributed by atoms with Crippen molar-refractivity contribution >= 4 is 23.7 Å². The maximum atomic E-state index is 12.8. The minimum Gasteiger partial charge on any atom is -0.490 e. The summed E-state index contributed by atoms with van der Waals surface area (Å²) in [5.74, 6) is -0.0181. The Morgan fingerprint density at radius 1 is 1.06 bits per heavy atom. The van der Waals surface area contributed by atoms with Gasteiger partial charge in [0.15, 0.2) is 11.5 Å². The summed E-state index contributed by atoms with van der Waals surface area (Å²) in [7, 11) is 0. The van der Waals surface area contributed by atoms with E-state index in [1.165, 1.54) is 12.3 Å². The van der Waals surface area contributed by atoms with E-state index in [-0.39, 0.29) is 10.6 Å². The highest BCUT2D eigenvalue weighted by Crippen LogP contribution is 2.37. The summed E-state index contributed by atoms with van der Waals surface area (Å²) in [5, 5.41) is 4.09. The molecule has 0 radical (unpaired) electrons. The first-order valence-electron chi connectivity index (χ1n) is 9.91. The summed E-state index contributed by atoms with van der Waals surface area (Å²) in [5.41, 5.74) is 2.58. The lowest BCUT2D eigenvalue weighted by Gasteiger charge is -2.14. The van der Waals surface area contributed by atoms with Gasteiger partial charge in [-0.2, -0.15) is 18.3 Å². The van der Waals surface area contributed by atoms with Crippen LogP contribution in [0.5, 0.6) is 11.5 Å². The van der Waals surface area contributed by atoms with Gasteiger partial charge in [0.1, 0.15) is 6.61 Å². The van der Waals surface area contributed by atoms with E-state index in [0.29, 0.717) is 30.3 Å². The van der Waals surface area contributed by atoms with Gasteiger partial charge in [0.2, 0.25) is 0 Å². The van der Waals surface area contributed by atoms with Crippen molar-refractivity contribution in [2.75, 3.05) is 6.61 Å². The van der Waals surface area contributed by atoms with Gasteiger partial charge in [0.05, 0.1) is 23.4 Å². The Bertz CT molecular complexity index is 1140. The van der Waals surface area contributed by atoms with E-state index in [0.717, 1.165) is 23.8 Å². The van der Waals surface area contributed by atoms with Crippen LogP contribution < -0.4 is 14.9 Å². The molecule has 1 amide bonds. The number of rotatable bonds is 8. The van der Waals surface area contributed by atoms with Crippen LogP contribution in [0.4, 0.5) is 13.2 Å². The Kier molecular flexibility index (Phi) is 7.95. The number of ether oxygens (including phenoxy) is 2. The first-order valence-corrected chi connectivity index (χ1v) is 10.3. The van der Waals surface area contributed by atoms with Gasteiger partial charge in [0, 0.05) is 5.56 Å². The molecule has 5 nitrogen and oxygen atoms in total. The normalized spacial score (nSPS) is 11.4. The Labute approximate surface area is 193 Å². The summed E-state index contributed by atoms with van der Waals surface area (Å²) < 4.78 is 50.0. The average Bonchev–Trinajstić information content (AvgIpc) is 2.79. The fraction of sp³-hybridized carbons (Fsp3) is 0.167. The van der Waals surface area contributed by atoms with E-state index in [1.54, 1.807) is 12.1 Å². The van der Waals surface area contributed by atoms with Crippen molar-refractivity contribution < 1.29 is 27.4 Å². The van der Waals surface area contributed by atoms with Gasteiger partial charge in [-0.25, -0.2) is 5.43 Å². The molecule has 0 aliphatic rings. The third kappa shape index (κ3) is 6.73. The van der Waals surface area contributed by atoms with E-state index in [9.17, 15) is 18.0 Å². The summed E-state index contributed by atoms with van der Waals surface area (Å²) in [6.07, 6.45) is -3.24. The standard InChI is InChI=1S/C24H20ClF3N2O3/c1-2-32-21-12-17(11-20(25)22(21)33-15-16-7-4-3-5-8-16)14-29-30-23(31)18-9-6-10-19(13-18)24(26,27)28/h3-14H,2,15H2,1H3,(H,30,31)/b29-14-. The molecular formula is C24H20ClF3N2O3. The van der Waals surface area contributed by atoms with E-state index in [1.807, 2.05) is 37.3 Å². The summed E-state index contributed by atoms with van der Waals surface area (Å²) >= 11 is 6.37. The third-order valence-corrected chi connectivity index (χ3v) is 4.67.